The van der Waals surface area contributed by atoms with Crippen LogP contribution in [0.3, 0.4) is 0 Å². The quantitative estimate of drug-likeness (QED) is 0.800. The van der Waals surface area contributed by atoms with Gasteiger partial charge in [-0.3, -0.25) is 4.68 Å². The molecule has 1 aromatic heterocycles. The fraction of sp³-hybridized carbons (Fsp3) is 0.700. The van der Waals surface area contributed by atoms with Crippen LogP contribution < -0.4 is 4.72 Å². The standard InChI is InChI=1S/C10H17N3O3S/c1-13-7-8(6-11-13)17(15,16)12-9-4-2-3-5-10(9)14/h6-7,9-10,12,14H,2-5H2,1H3/t9-,10-/m1/s1. The van der Waals surface area contributed by atoms with Crippen molar-refractivity contribution in [2.75, 3.05) is 0 Å². The zero-order valence-corrected chi connectivity index (χ0v) is 10.5. The number of aliphatic hydroxyl groups is 1. The van der Waals surface area contributed by atoms with Gasteiger partial charge in [0.05, 0.1) is 12.3 Å². The Morgan fingerprint density at radius 2 is 2.18 bits per heavy atom. The summed E-state index contributed by atoms with van der Waals surface area (Å²) in [7, 11) is -1.90. The van der Waals surface area contributed by atoms with Crippen LogP contribution in [0.15, 0.2) is 17.3 Å². The van der Waals surface area contributed by atoms with E-state index in [-0.39, 0.29) is 10.9 Å². The first-order valence-corrected chi connectivity index (χ1v) is 7.16. The molecule has 0 amide bonds. The van der Waals surface area contributed by atoms with Crippen molar-refractivity contribution in [2.24, 2.45) is 7.05 Å². The summed E-state index contributed by atoms with van der Waals surface area (Å²) in [5, 5.41) is 13.6. The van der Waals surface area contributed by atoms with Gasteiger partial charge in [-0.05, 0) is 12.8 Å². The predicted octanol–water partition coefficient (Wildman–Crippen LogP) is 0.00190. The van der Waals surface area contributed by atoms with Crippen LogP contribution in [0.4, 0.5) is 0 Å². The van der Waals surface area contributed by atoms with Crippen LogP contribution in [-0.4, -0.2) is 35.5 Å². The lowest BCUT2D eigenvalue weighted by atomic mass is 9.93. The molecule has 0 saturated heterocycles. The van der Waals surface area contributed by atoms with Gasteiger partial charge in [0, 0.05) is 19.3 Å². The lowest BCUT2D eigenvalue weighted by Gasteiger charge is -2.27. The van der Waals surface area contributed by atoms with E-state index in [1.54, 1.807) is 7.05 Å². The van der Waals surface area contributed by atoms with Crippen molar-refractivity contribution >= 4 is 10.0 Å². The van der Waals surface area contributed by atoms with Crippen LogP contribution in [0.5, 0.6) is 0 Å². The molecule has 1 saturated carbocycles. The fourth-order valence-corrected chi connectivity index (χ4v) is 3.34. The first kappa shape index (κ1) is 12.5. The molecule has 0 spiro atoms. The molecule has 2 N–H and O–H groups in total. The molecular weight excluding hydrogens is 242 g/mol. The van der Waals surface area contributed by atoms with E-state index < -0.39 is 16.1 Å². The molecule has 6 nitrogen and oxygen atoms in total. The Morgan fingerprint density at radius 1 is 1.47 bits per heavy atom. The maximum absolute atomic E-state index is 12.0. The molecule has 17 heavy (non-hydrogen) atoms. The average Bonchev–Trinajstić information content (AvgIpc) is 2.69. The van der Waals surface area contributed by atoms with Crippen molar-refractivity contribution in [2.45, 2.75) is 42.7 Å². The highest BCUT2D eigenvalue weighted by Crippen LogP contribution is 2.20. The Hall–Kier alpha value is -0.920. The normalized spacial score (nSPS) is 26.0. The highest BCUT2D eigenvalue weighted by Gasteiger charge is 2.28. The number of sulfonamides is 1. The molecule has 1 aliphatic carbocycles. The number of nitrogens with one attached hydrogen (secondary N) is 1. The number of nitrogens with zero attached hydrogens (tertiary/aromatic N) is 2. The number of aromatic nitrogens is 2. The molecular formula is C10H17N3O3S. The van der Waals surface area contributed by atoms with Crippen LogP contribution in [-0.2, 0) is 17.1 Å². The molecule has 0 aliphatic heterocycles. The minimum Gasteiger partial charge on any atom is -0.391 e. The maximum atomic E-state index is 12.0. The van der Waals surface area contributed by atoms with Crippen LogP contribution in [0.2, 0.25) is 0 Å². The van der Waals surface area contributed by atoms with Gasteiger partial charge >= 0.3 is 0 Å². The summed E-state index contributed by atoms with van der Waals surface area (Å²) in [5.41, 5.74) is 0. The molecule has 2 atom stereocenters. The third-order valence-electron chi connectivity index (χ3n) is 3.03. The number of rotatable bonds is 3. The van der Waals surface area contributed by atoms with Crippen molar-refractivity contribution in [3.63, 3.8) is 0 Å². The topological polar surface area (TPSA) is 84.2 Å². The van der Waals surface area contributed by atoms with Crippen molar-refractivity contribution in [1.29, 1.82) is 0 Å². The summed E-state index contributed by atoms with van der Waals surface area (Å²) in [6, 6.07) is -0.381. The summed E-state index contributed by atoms with van der Waals surface area (Å²) in [5.74, 6) is 0. The van der Waals surface area contributed by atoms with E-state index in [4.69, 9.17) is 0 Å². The summed E-state index contributed by atoms with van der Waals surface area (Å²) in [6.07, 6.45) is 5.38. The Labute approximate surface area is 101 Å². The Kier molecular flexibility index (Phi) is 3.50. The molecule has 7 heteroatoms. The minimum atomic E-state index is -3.57. The Morgan fingerprint density at radius 3 is 2.76 bits per heavy atom. The third-order valence-corrected chi connectivity index (χ3v) is 4.47. The molecule has 1 aromatic rings. The monoisotopic (exact) mass is 259 g/mol. The second kappa shape index (κ2) is 4.75. The van der Waals surface area contributed by atoms with E-state index in [2.05, 4.69) is 9.82 Å². The molecule has 0 bridgehead atoms. The molecule has 96 valence electrons. The lowest BCUT2D eigenvalue weighted by molar-refractivity contribution is 0.101. The van der Waals surface area contributed by atoms with Crippen LogP contribution in [0.1, 0.15) is 25.7 Å². The van der Waals surface area contributed by atoms with E-state index in [0.29, 0.717) is 12.8 Å². The highest BCUT2D eigenvalue weighted by atomic mass is 32.2. The Bertz CT molecular complexity index is 483. The second-order valence-electron chi connectivity index (χ2n) is 4.43. The average molecular weight is 259 g/mol. The highest BCUT2D eigenvalue weighted by molar-refractivity contribution is 7.89. The molecule has 0 unspecified atom stereocenters. The number of aliphatic hydroxyl groups excluding tert-OH is 1. The number of hydrogen-bond donors (Lipinski definition) is 2. The van der Waals surface area contributed by atoms with Gasteiger partial charge in [0.15, 0.2) is 0 Å². The largest absolute Gasteiger partial charge is 0.391 e. The van der Waals surface area contributed by atoms with E-state index in [1.165, 1.54) is 17.1 Å². The van der Waals surface area contributed by atoms with Gasteiger partial charge in [0.25, 0.3) is 0 Å². The zero-order chi connectivity index (χ0) is 12.5. The zero-order valence-electron chi connectivity index (χ0n) is 9.70. The summed E-state index contributed by atoms with van der Waals surface area (Å²) in [6.45, 7) is 0. The van der Waals surface area contributed by atoms with Crippen molar-refractivity contribution < 1.29 is 13.5 Å². The summed E-state index contributed by atoms with van der Waals surface area (Å²) in [4.78, 5) is 0.137. The molecule has 1 aliphatic rings. The second-order valence-corrected chi connectivity index (χ2v) is 6.14. The SMILES string of the molecule is Cn1cc(S(=O)(=O)N[C@@H]2CCCC[C@H]2O)cn1. The van der Waals surface area contributed by atoms with E-state index >= 15 is 0 Å². The summed E-state index contributed by atoms with van der Waals surface area (Å²) >= 11 is 0. The van der Waals surface area contributed by atoms with Gasteiger partial charge in [-0.2, -0.15) is 5.10 Å². The molecule has 2 rings (SSSR count). The smallest absolute Gasteiger partial charge is 0.244 e. The van der Waals surface area contributed by atoms with Gasteiger partial charge in [0.2, 0.25) is 10.0 Å². The van der Waals surface area contributed by atoms with Gasteiger partial charge in [-0.15, -0.1) is 0 Å². The summed E-state index contributed by atoms with van der Waals surface area (Å²) < 4.78 is 27.9. The predicted molar refractivity (Wildman–Crippen MR) is 61.8 cm³/mol. The van der Waals surface area contributed by atoms with E-state index in [9.17, 15) is 13.5 Å². The van der Waals surface area contributed by atoms with Crippen LogP contribution >= 0.6 is 0 Å². The van der Waals surface area contributed by atoms with Crippen molar-refractivity contribution in [3.05, 3.63) is 12.4 Å². The van der Waals surface area contributed by atoms with Crippen LogP contribution in [0, 0.1) is 0 Å². The number of hydrogen-bond acceptors (Lipinski definition) is 4. The van der Waals surface area contributed by atoms with Crippen molar-refractivity contribution in [1.82, 2.24) is 14.5 Å². The number of aryl methyl sites for hydroxylation is 1. The first-order chi connectivity index (χ1) is 7.99. The maximum Gasteiger partial charge on any atom is 0.244 e. The van der Waals surface area contributed by atoms with E-state index in [1.807, 2.05) is 0 Å². The molecule has 0 aromatic carbocycles. The van der Waals surface area contributed by atoms with Gasteiger partial charge in [-0.1, -0.05) is 12.8 Å². The molecule has 1 heterocycles. The van der Waals surface area contributed by atoms with Gasteiger partial charge in [0.1, 0.15) is 4.90 Å². The lowest BCUT2D eigenvalue weighted by Crippen LogP contribution is -2.44. The first-order valence-electron chi connectivity index (χ1n) is 5.68. The van der Waals surface area contributed by atoms with Gasteiger partial charge in [-0.25, -0.2) is 13.1 Å². The van der Waals surface area contributed by atoms with Gasteiger partial charge < -0.3 is 5.11 Å². The fourth-order valence-electron chi connectivity index (χ4n) is 2.05. The Balaban J connectivity index is 2.11. The molecule has 1 fully saturated rings. The van der Waals surface area contributed by atoms with E-state index in [0.717, 1.165) is 12.8 Å². The molecule has 0 radical (unpaired) electrons. The minimum absolute atomic E-state index is 0.137. The van der Waals surface area contributed by atoms with Crippen molar-refractivity contribution in [3.8, 4) is 0 Å². The van der Waals surface area contributed by atoms with Crippen LogP contribution in [0.25, 0.3) is 0 Å². The third kappa shape index (κ3) is 2.85.